The molecule has 26 heavy (non-hydrogen) atoms. The van der Waals surface area contributed by atoms with Crippen LogP contribution in [-0.2, 0) is 9.47 Å². The van der Waals surface area contributed by atoms with Crippen molar-refractivity contribution in [1.82, 2.24) is 24.9 Å². The molecule has 3 amide bonds. The molecule has 3 N–H and O–H groups in total. The topological polar surface area (TPSA) is 117 Å². The molecule has 0 bridgehead atoms. The molecular formula is C16H24N6O4. The molecule has 0 aromatic carbocycles. The van der Waals surface area contributed by atoms with Crippen molar-refractivity contribution in [2.75, 3.05) is 58.3 Å². The van der Waals surface area contributed by atoms with Gasteiger partial charge in [-0.2, -0.15) is 5.10 Å². The van der Waals surface area contributed by atoms with E-state index >= 15 is 0 Å². The summed E-state index contributed by atoms with van der Waals surface area (Å²) < 4.78 is 10.5. The molecule has 1 aromatic rings. The van der Waals surface area contributed by atoms with Gasteiger partial charge in [0.1, 0.15) is 12.4 Å². The second-order valence-corrected chi connectivity index (χ2v) is 6.15. The van der Waals surface area contributed by atoms with E-state index in [2.05, 4.69) is 16.8 Å². The number of nitrogens with zero attached hydrogens (tertiary/aromatic N) is 4. The number of piperazine rings is 1. The molecular weight excluding hydrogens is 340 g/mol. The zero-order chi connectivity index (χ0) is 18.5. The Balaban J connectivity index is 1.74. The Bertz CT molecular complexity index is 657. The first-order valence-electron chi connectivity index (χ1n) is 8.57. The molecule has 2 aliphatic heterocycles. The molecule has 10 heteroatoms. The molecule has 3 heterocycles. The van der Waals surface area contributed by atoms with Crippen molar-refractivity contribution in [3.63, 3.8) is 0 Å². The van der Waals surface area contributed by atoms with Crippen LogP contribution in [0.2, 0.25) is 0 Å². The smallest absolute Gasteiger partial charge is 0.410 e. The lowest BCUT2D eigenvalue weighted by Gasteiger charge is -2.42. The van der Waals surface area contributed by atoms with Gasteiger partial charge in [-0.25, -0.2) is 9.59 Å². The Hall–Kier alpha value is -2.75. The largest absolute Gasteiger partial charge is 0.445 e. The molecule has 0 spiro atoms. The number of hydrogen-bond donors (Lipinski definition) is 2. The first kappa shape index (κ1) is 18.1. The molecule has 1 atom stereocenters. The van der Waals surface area contributed by atoms with E-state index in [1.54, 1.807) is 20.8 Å². The maximum Gasteiger partial charge on any atom is 0.410 e. The maximum absolute atomic E-state index is 12.8. The number of rotatable bonds is 3. The predicted octanol–water partition coefficient (Wildman–Crippen LogP) is 0.425. The Morgan fingerprint density at radius 3 is 2.77 bits per heavy atom. The number of anilines is 1. The van der Waals surface area contributed by atoms with Crippen LogP contribution in [0.1, 0.15) is 11.7 Å². The van der Waals surface area contributed by atoms with Gasteiger partial charge >= 0.3 is 12.1 Å². The van der Waals surface area contributed by atoms with Gasteiger partial charge in [0, 0.05) is 38.8 Å². The molecule has 0 aliphatic carbocycles. The van der Waals surface area contributed by atoms with Crippen molar-refractivity contribution in [3.05, 3.63) is 24.4 Å². The minimum absolute atomic E-state index is 0.0510. The van der Waals surface area contributed by atoms with Gasteiger partial charge < -0.3 is 25.0 Å². The Morgan fingerprint density at radius 1 is 1.35 bits per heavy atom. The van der Waals surface area contributed by atoms with Gasteiger partial charge in [-0.1, -0.05) is 12.7 Å². The summed E-state index contributed by atoms with van der Waals surface area (Å²) in [5.74, 6) is 0.330. The summed E-state index contributed by atoms with van der Waals surface area (Å²) in [6, 6.07) is 1.21. The number of nitrogens with two attached hydrogens (primary N) is 1. The van der Waals surface area contributed by atoms with E-state index in [1.165, 1.54) is 6.08 Å². The monoisotopic (exact) mass is 364 g/mol. The number of urea groups is 1. The zero-order valence-electron chi connectivity index (χ0n) is 14.6. The number of ether oxygens (including phenoxy) is 2. The summed E-state index contributed by atoms with van der Waals surface area (Å²) in [7, 11) is 0. The average molecular weight is 364 g/mol. The standard InChI is InChI=1S/C16H24N6O4/c1-2-7-26-16(24)22-4-3-21(15(23)20-5-8-25-9-6-20)11-13(22)12-10-14(17)19-18-12/h2,10,13H,1,3-9,11H2,(H3,17,18,19). The number of nitrogen functional groups attached to an aromatic ring is 1. The van der Waals surface area contributed by atoms with Gasteiger partial charge in [-0.15, -0.1) is 0 Å². The van der Waals surface area contributed by atoms with Gasteiger partial charge in [0.2, 0.25) is 0 Å². The third kappa shape index (κ3) is 3.90. The van der Waals surface area contributed by atoms with Crippen LogP contribution < -0.4 is 5.73 Å². The van der Waals surface area contributed by atoms with Gasteiger partial charge in [0.05, 0.1) is 24.9 Å². The molecule has 1 aromatic heterocycles. The first-order valence-corrected chi connectivity index (χ1v) is 8.57. The fraction of sp³-hybridized carbons (Fsp3) is 0.562. The Kier molecular flexibility index (Phi) is 5.61. The van der Waals surface area contributed by atoms with E-state index in [9.17, 15) is 9.59 Å². The highest BCUT2D eigenvalue weighted by atomic mass is 16.6. The van der Waals surface area contributed by atoms with Crippen LogP contribution in [0.25, 0.3) is 0 Å². The van der Waals surface area contributed by atoms with E-state index in [0.717, 1.165) is 0 Å². The SMILES string of the molecule is C=CCOC(=O)N1CCN(C(=O)N2CCOCC2)CC1c1cc(N)n[nH]1. The van der Waals surface area contributed by atoms with E-state index in [4.69, 9.17) is 15.2 Å². The lowest BCUT2D eigenvalue weighted by Crippen LogP contribution is -2.56. The van der Waals surface area contributed by atoms with E-state index in [1.807, 2.05) is 0 Å². The molecule has 3 rings (SSSR count). The summed E-state index contributed by atoms with van der Waals surface area (Å²) in [4.78, 5) is 30.3. The van der Waals surface area contributed by atoms with Gasteiger partial charge in [0.15, 0.2) is 0 Å². The highest BCUT2D eigenvalue weighted by Gasteiger charge is 2.36. The van der Waals surface area contributed by atoms with E-state index in [0.29, 0.717) is 57.4 Å². The fourth-order valence-corrected chi connectivity index (χ4v) is 3.13. The predicted molar refractivity (Wildman–Crippen MR) is 93.4 cm³/mol. The molecule has 2 saturated heterocycles. The highest BCUT2D eigenvalue weighted by Crippen LogP contribution is 2.26. The van der Waals surface area contributed by atoms with E-state index < -0.39 is 12.1 Å². The molecule has 0 radical (unpaired) electrons. The van der Waals surface area contributed by atoms with Crippen molar-refractivity contribution in [1.29, 1.82) is 0 Å². The van der Waals surface area contributed by atoms with Crippen LogP contribution in [0, 0.1) is 0 Å². The van der Waals surface area contributed by atoms with E-state index in [-0.39, 0.29) is 12.6 Å². The third-order valence-electron chi connectivity index (χ3n) is 4.47. The second-order valence-electron chi connectivity index (χ2n) is 6.15. The summed E-state index contributed by atoms with van der Waals surface area (Å²) in [5.41, 5.74) is 6.37. The summed E-state index contributed by atoms with van der Waals surface area (Å²) >= 11 is 0. The molecule has 0 saturated carbocycles. The summed E-state index contributed by atoms with van der Waals surface area (Å²) in [6.45, 7) is 7.02. The van der Waals surface area contributed by atoms with Gasteiger partial charge in [-0.05, 0) is 0 Å². The minimum atomic E-state index is -0.457. The molecule has 10 nitrogen and oxygen atoms in total. The van der Waals surface area contributed by atoms with Gasteiger partial charge in [-0.3, -0.25) is 10.00 Å². The lowest BCUT2D eigenvalue weighted by molar-refractivity contribution is 0.0265. The number of hydrogen-bond acceptors (Lipinski definition) is 6. The molecule has 1 unspecified atom stereocenters. The number of aromatic nitrogens is 2. The average Bonchev–Trinajstić information content (AvgIpc) is 3.12. The molecule has 2 fully saturated rings. The van der Waals surface area contributed by atoms with Crippen LogP contribution in [0.15, 0.2) is 18.7 Å². The van der Waals surface area contributed by atoms with Gasteiger partial charge in [0.25, 0.3) is 0 Å². The van der Waals surface area contributed by atoms with Crippen molar-refractivity contribution in [2.24, 2.45) is 0 Å². The number of aromatic amines is 1. The third-order valence-corrected chi connectivity index (χ3v) is 4.47. The number of amides is 3. The maximum atomic E-state index is 12.8. The lowest BCUT2D eigenvalue weighted by atomic mass is 10.1. The quantitative estimate of drug-likeness (QED) is 0.751. The summed E-state index contributed by atoms with van der Waals surface area (Å²) in [6.07, 6.45) is 1.06. The number of carbonyl (C=O) groups is 2. The zero-order valence-corrected chi connectivity index (χ0v) is 14.6. The van der Waals surface area contributed by atoms with Crippen molar-refractivity contribution in [2.45, 2.75) is 6.04 Å². The highest BCUT2D eigenvalue weighted by molar-refractivity contribution is 5.75. The fourth-order valence-electron chi connectivity index (χ4n) is 3.13. The Morgan fingerprint density at radius 2 is 2.12 bits per heavy atom. The minimum Gasteiger partial charge on any atom is -0.445 e. The number of H-pyrrole nitrogens is 1. The number of morpholine rings is 1. The van der Waals surface area contributed by atoms with Crippen LogP contribution >= 0.6 is 0 Å². The van der Waals surface area contributed by atoms with Crippen molar-refractivity contribution < 1.29 is 19.1 Å². The number of nitrogens with one attached hydrogen (secondary N) is 1. The van der Waals surface area contributed by atoms with Crippen LogP contribution in [0.3, 0.4) is 0 Å². The van der Waals surface area contributed by atoms with Crippen LogP contribution in [-0.4, -0.2) is 89.6 Å². The molecule has 2 aliphatic rings. The second kappa shape index (κ2) is 8.09. The normalized spacial score (nSPS) is 20.8. The number of carbonyl (C=O) groups excluding carboxylic acids is 2. The van der Waals surface area contributed by atoms with Crippen molar-refractivity contribution >= 4 is 17.9 Å². The summed E-state index contributed by atoms with van der Waals surface area (Å²) in [5, 5.41) is 6.77. The van der Waals surface area contributed by atoms with Crippen LogP contribution in [0.5, 0.6) is 0 Å². The van der Waals surface area contributed by atoms with Crippen molar-refractivity contribution in [3.8, 4) is 0 Å². The first-order chi connectivity index (χ1) is 12.6. The van der Waals surface area contributed by atoms with Crippen LogP contribution in [0.4, 0.5) is 15.4 Å². The Labute approximate surface area is 151 Å². The molecule has 142 valence electrons.